The molecule has 7 heteroatoms. The number of fused-ring (bicyclic) bond motifs is 5. The van der Waals surface area contributed by atoms with Crippen LogP contribution < -0.4 is 5.73 Å². The monoisotopic (exact) mass is 458 g/mol. The predicted molar refractivity (Wildman–Crippen MR) is 139 cm³/mol. The summed E-state index contributed by atoms with van der Waals surface area (Å²) in [5, 5.41) is 9.05. The van der Waals surface area contributed by atoms with E-state index in [1.807, 2.05) is 41.9 Å². The minimum Gasteiger partial charge on any atom is -0.383 e. The van der Waals surface area contributed by atoms with Crippen LogP contribution in [0.4, 0.5) is 5.82 Å². The zero-order valence-electron chi connectivity index (χ0n) is 18.2. The van der Waals surface area contributed by atoms with Gasteiger partial charge >= 0.3 is 0 Å². The summed E-state index contributed by atoms with van der Waals surface area (Å²) in [6, 6.07) is 25.1. The molecule has 34 heavy (non-hydrogen) atoms. The van der Waals surface area contributed by atoms with E-state index in [-0.39, 0.29) is 0 Å². The van der Waals surface area contributed by atoms with Crippen molar-refractivity contribution in [3.05, 3.63) is 84.8 Å². The van der Waals surface area contributed by atoms with Crippen molar-refractivity contribution < 1.29 is 0 Å². The number of nitrogen functional groups attached to an aromatic ring is 1. The molecule has 0 aliphatic carbocycles. The predicted octanol–water partition coefficient (Wildman–Crippen LogP) is 6.29. The van der Waals surface area contributed by atoms with Crippen molar-refractivity contribution in [2.24, 2.45) is 0 Å². The first kappa shape index (κ1) is 19.1. The summed E-state index contributed by atoms with van der Waals surface area (Å²) in [4.78, 5) is 13.7. The number of hydrogen-bond acceptors (Lipinski definition) is 6. The molecule has 0 saturated carbocycles. The van der Waals surface area contributed by atoms with Gasteiger partial charge in [-0.2, -0.15) is 5.10 Å². The van der Waals surface area contributed by atoms with Gasteiger partial charge in [0.2, 0.25) is 0 Å². The van der Waals surface area contributed by atoms with Crippen LogP contribution in [0.1, 0.15) is 5.69 Å². The van der Waals surface area contributed by atoms with Gasteiger partial charge in [0.15, 0.2) is 11.3 Å². The van der Waals surface area contributed by atoms with E-state index in [0.717, 1.165) is 38.9 Å². The van der Waals surface area contributed by atoms with Gasteiger partial charge in [-0.1, -0.05) is 42.5 Å². The Morgan fingerprint density at radius 3 is 2.50 bits per heavy atom. The number of pyridine rings is 1. The Labute approximate surface area is 198 Å². The zero-order chi connectivity index (χ0) is 22.8. The molecular weight excluding hydrogens is 440 g/mol. The number of anilines is 1. The van der Waals surface area contributed by atoms with Crippen LogP contribution in [0.15, 0.2) is 79.1 Å². The van der Waals surface area contributed by atoms with Gasteiger partial charge in [0.25, 0.3) is 0 Å². The van der Waals surface area contributed by atoms with Crippen molar-refractivity contribution >= 4 is 59.4 Å². The van der Waals surface area contributed by atoms with Crippen LogP contribution in [0.3, 0.4) is 0 Å². The molecule has 7 rings (SSSR count). The van der Waals surface area contributed by atoms with Crippen molar-refractivity contribution in [3.63, 3.8) is 0 Å². The highest BCUT2D eigenvalue weighted by Gasteiger charge is 2.22. The van der Waals surface area contributed by atoms with Gasteiger partial charge in [-0.25, -0.2) is 19.6 Å². The third-order valence-electron chi connectivity index (χ3n) is 6.27. The van der Waals surface area contributed by atoms with E-state index in [4.69, 9.17) is 15.8 Å². The first-order valence-corrected chi connectivity index (χ1v) is 11.8. The Bertz CT molecular complexity index is 1880. The minimum atomic E-state index is 0.413. The maximum absolute atomic E-state index is 6.42. The van der Waals surface area contributed by atoms with Crippen molar-refractivity contribution in [1.29, 1.82) is 0 Å². The van der Waals surface area contributed by atoms with Gasteiger partial charge in [0.05, 0.1) is 22.2 Å². The molecule has 0 fully saturated rings. The largest absolute Gasteiger partial charge is 0.383 e. The van der Waals surface area contributed by atoms with Gasteiger partial charge in [-0.05, 0) is 42.8 Å². The number of aryl methyl sites for hydroxylation is 1. The Hall–Kier alpha value is -4.36. The number of para-hydroxylation sites is 1. The van der Waals surface area contributed by atoms with E-state index in [0.29, 0.717) is 11.5 Å². The van der Waals surface area contributed by atoms with Gasteiger partial charge in [-0.15, -0.1) is 11.3 Å². The number of benzene rings is 3. The Balaban J connectivity index is 1.64. The Morgan fingerprint density at radius 2 is 1.62 bits per heavy atom. The number of nitrogens with zero attached hydrogens (tertiary/aromatic N) is 5. The summed E-state index contributed by atoms with van der Waals surface area (Å²) >= 11 is 1.80. The van der Waals surface area contributed by atoms with Crippen LogP contribution in [-0.4, -0.2) is 24.7 Å². The fraction of sp³-hybridized carbons (Fsp3) is 0.0370. The third kappa shape index (κ3) is 2.67. The molecular formula is C27H18N6S. The SMILES string of the molecule is Cc1nn(-c2ccccc2)c2nc3ncnc(N)c3c(-c3ccc4sc5ccccc5c4c3)c12. The lowest BCUT2D eigenvalue weighted by molar-refractivity contribution is 0.878. The molecule has 0 saturated heterocycles. The molecule has 3 aromatic carbocycles. The summed E-state index contributed by atoms with van der Waals surface area (Å²) in [5.41, 5.74) is 11.6. The van der Waals surface area contributed by atoms with Crippen LogP contribution in [0, 0.1) is 6.92 Å². The molecule has 4 heterocycles. The molecule has 162 valence electrons. The van der Waals surface area contributed by atoms with E-state index >= 15 is 0 Å². The van der Waals surface area contributed by atoms with E-state index in [1.165, 1.54) is 26.5 Å². The zero-order valence-corrected chi connectivity index (χ0v) is 19.0. The molecule has 0 aliphatic heterocycles. The third-order valence-corrected chi connectivity index (χ3v) is 7.42. The molecule has 0 aliphatic rings. The van der Waals surface area contributed by atoms with Crippen molar-refractivity contribution in [3.8, 4) is 16.8 Å². The van der Waals surface area contributed by atoms with E-state index in [2.05, 4.69) is 52.4 Å². The van der Waals surface area contributed by atoms with E-state index in [1.54, 1.807) is 11.3 Å². The number of nitrogens with two attached hydrogens (primary N) is 1. The second kappa shape index (κ2) is 7.07. The van der Waals surface area contributed by atoms with Gasteiger partial charge in [-0.3, -0.25) is 0 Å². The molecule has 0 bridgehead atoms. The molecule has 4 aromatic heterocycles. The van der Waals surface area contributed by atoms with Gasteiger partial charge < -0.3 is 5.73 Å². The quantitative estimate of drug-likeness (QED) is 0.329. The molecule has 0 amide bonds. The average molecular weight is 459 g/mol. The lowest BCUT2D eigenvalue weighted by atomic mass is 9.97. The second-order valence-corrected chi connectivity index (χ2v) is 9.37. The number of aromatic nitrogens is 5. The smallest absolute Gasteiger partial charge is 0.167 e. The van der Waals surface area contributed by atoms with Gasteiger partial charge in [0.1, 0.15) is 12.1 Å². The van der Waals surface area contributed by atoms with Crippen molar-refractivity contribution in [2.75, 3.05) is 5.73 Å². The molecule has 6 nitrogen and oxygen atoms in total. The standard InChI is InChI=1S/C27H18N6S/c1-15-22-23(16-11-12-21-19(13-16)18-9-5-6-10-20(18)34-21)24-25(28)29-14-30-26(24)31-27(22)33(32-15)17-7-3-2-4-8-17/h2-14H,1H3,(H2,28,29,30,31). The molecule has 7 aromatic rings. The minimum absolute atomic E-state index is 0.413. The Morgan fingerprint density at radius 1 is 0.824 bits per heavy atom. The lowest BCUT2D eigenvalue weighted by Crippen LogP contribution is -2.01. The molecule has 0 spiro atoms. The first-order chi connectivity index (χ1) is 16.7. The highest BCUT2D eigenvalue weighted by Crippen LogP contribution is 2.42. The maximum Gasteiger partial charge on any atom is 0.167 e. The summed E-state index contributed by atoms with van der Waals surface area (Å²) in [7, 11) is 0. The fourth-order valence-corrected chi connectivity index (χ4v) is 5.86. The van der Waals surface area contributed by atoms with Crippen LogP contribution >= 0.6 is 11.3 Å². The summed E-state index contributed by atoms with van der Waals surface area (Å²) in [6.45, 7) is 2.01. The Kier molecular flexibility index (Phi) is 3.98. The second-order valence-electron chi connectivity index (χ2n) is 8.28. The highest BCUT2D eigenvalue weighted by molar-refractivity contribution is 7.25. The molecule has 0 radical (unpaired) electrons. The van der Waals surface area contributed by atoms with Crippen LogP contribution in [0.5, 0.6) is 0 Å². The molecule has 0 atom stereocenters. The van der Waals surface area contributed by atoms with Gasteiger partial charge in [0, 0.05) is 25.7 Å². The van der Waals surface area contributed by atoms with E-state index in [9.17, 15) is 0 Å². The number of thiophene rings is 1. The fourth-order valence-electron chi connectivity index (χ4n) is 4.77. The molecule has 0 unspecified atom stereocenters. The number of rotatable bonds is 2. The van der Waals surface area contributed by atoms with E-state index < -0.39 is 0 Å². The van der Waals surface area contributed by atoms with Crippen LogP contribution in [-0.2, 0) is 0 Å². The normalized spacial score (nSPS) is 11.8. The van der Waals surface area contributed by atoms with Crippen LogP contribution in [0.25, 0.3) is 59.1 Å². The summed E-state index contributed by atoms with van der Waals surface area (Å²) < 4.78 is 4.40. The highest BCUT2D eigenvalue weighted by atomic mass is 32.1. The number of hydrogen-bond donors (Lipinski definition) is 1. The molecule has 2 N–H and O–H groups in total. The topological polar surface area (TPSA) is 82.5 Å². The maximum atomic E-state index is 6.42. The summed E-state index contributed by atoms with van der Waals surface area (Å²) in [5.74, 6) is 0.413. The summed E-state index contributed by atoms with van der Waals surface area (Å²) in [6.07, 6.45) is 1.46. The lowest BCUT2D eigenvalue weighted by Gasteiger charge is -2.11. The average Bonchev–Trinajstić information content (AvgIpc) is 3.40. The van der Waals surface area contributed by atoms with Crippen molar-refractivity contribution in [2.45, 2.75) is 6.92 Å². The first-order valence-electron chi connectivity index (χ1n) is 11.0. The van der Waals surface area contributed by atoms with Crippen molar-refractivity contribution in [1.82, 2.24) is 24.7 Å². The van der Waals surface area contributed by atoms with Crippen LogP contribution in [0.2, 0.25) is 0 Å².